The summed E-state index contributed by atoms with van der Waals surface area (Å²) in [4.78, 5) is 13.8. The maximum absolute atomic E-state index is 11.7. The summed E-state index contributed by atoms with van der Waals surface area (Å²) in [6.45, 7) is 12.4. The molecule has 0 saturated carbocycles. The van der Waals surface area contributed by atoms with E-state index in [1.54, 1.807) is 0 Å². The first kappa shape index (κ1) is 15.6. The molecule has 114 valence electrons. The molecule has 1 N–H and O–H groups in total. The van der Waals surface area contributed by atoms with Gasteiger partial charge in [-0.05, 0) is 69.9 Å². The predicted molar refractivity (Wildman–Crippen MR) is 87.8 cm³/mol. The smallest absolute Gasteiger partial charge is 0.326 e. The number of benzene rings is 1. The average Bonchev–Trinajstić information content (AvgIpc) is 2.36. The first-order chi connectivity index (χ1) is 9.69. The standard InChI is InChI=1S/C18H25NO2/c1-7-15(17(20)21)19-16-9-12(3)11(2)8-14(16)13(4)10-18(19,5)6/h8-10,15H,7H2,1-6H3,(H,20,21). The fraction of sp³-hybridized carbons (Fsp3) is 0.500. The van der Waals surface area contributed by atoms with Gasteiger partial charge in [0, 0.05) is 11.3 Å². The second kappa shape index (κ2) is 5.21. The van der Waals surface area contributed by atoms with Gasteiger partial charge in [0.15, 0.2) is 0 Å². The van der Waals surface area contributed by atoms with Crippen molar-refractivity contribution in [2.75, 3.05) is 4.90 Å². The number of aryl methyl sites for hydroxylation is 2. The van der Waals surface area contributed by atoms with E-state index >= 15 is 0 Å². The van der Waals surface area contributed by atoms with Crippen molar-refractivity contribution in [2.45, 2.75) is 59.5 Å². The lowest BCUT2D eigenvalue weighted by Gasteiger charge is -2.46. The van der Waals surface area contributed by atoms with Crippen molar-refractivity contribution >= 4 is 17.2 Å². The Morgan fingerprint density at radius 2 is 1.81 bits per heavy atom. The second-order valence-electron chi connectivity index (χ2n) is 6.57. The van der Waals surface area contributed by atoms with Crippen LogP contribution in [0.4, 0.5) is 5.69 Å². The molecule has 3 nitrogen and oxygen atoms in total. The molecule has 0 radical (unpaired) electrons. The molecule has 1 aliphatic rings. The Kier molecular flexibility index (Phi) is 3.87. The third kappa shape index (κ3) is 2.57. The highest BCUT2D eigenvalue weighted by Gasteiger charge is 2.38. The lowest BCUT2D eigenvalue weighted by Crippen LogP contribution is -2.54. The number of hydrogen-bond donors (Lipinski definition) is 1. The maximum Gasteiger partial charge on any atom is 0.326 e. The van der Waals surface area contributed by atoms with Gasteiger partial charge >= 0.3 is 5.97 Å². The highest BCUT2D eigenvalue weighted by molar-refractivity contribution is 5.87. The highest BCUT2D eigenvalue weighted by atomic mass is 16.4. The number of rotatable bonds is 3. The first-order valence-electron chi connectivity index (χ1n) is 7.52. The molecule has 1 aliphatic heterocycles. The molecule has 0 saturated heterocycles. The molecule has 1 aromatic carbocycles. The van der Waals surface area contributed by atoms with Crippen LogP contribution in [0.1, 0.15) is 50.8 Å². The number of allylic oxidation sites excluding steroid dienone is 1. The van der Waals surface area contributed by atoms with Crippen LogP contribution in [0.25, 0.3) is 5.57 Å². The van der Waals surface area contributed by atoms with Crippen molar-refractivity contribution < 1.29 is 9.90 Å². The van der Waals surface area contributed by atoms with Crippen LogP contribution in [0.5, 0.6) is 0 Å². The monoisotopic (exact) mass is 287 g/mol. The summed E-state index contributed by atoms with van der Waals surface area (Å²) in [6.07, 6.45) is 2.76. The zero-order valence-electron chi connectivity index (χ0n) is 13.8. The largest absolute Gasteiger partial charge is 0.480 e. The van der Waals surface area contributed by atoms with Crippen LogP contribution in [-0.2, 0) is 4.79 Å². The van der Waals surface area contributed by atoms with Gasteiger partial charge in [-0.15, -0.1) is 0 Å². The van der Waals surface area contributed by atoms with Crippen molar-refractivity contribution in [1.82, 2.24) is 0 Å². The van der Waals surface area contributed by atoms with E-state index in [9.17, 15) is 9.90 Å². The number of aliphatic carboxylic acids is 1. The molecule has 0 spiro atoms. The molecule has 0 aromatic heterocycles. The number of nitrogens with zero attached hydrogens (tertiary/aromatic N) is 1. The number of hydrogen-bond acceptors (Lipinski definition) is 2. The molecule has 3 heteroatoms. The van der Waals surface area contributed by atoms with Gasteiger partial charge in [-0.3, -0.25) is 0 Å². The second-order valence-corrected chi connectivity index (χ2v) is 6.57. The lowest BCUT2D eigenvalue weighted by atomic mass is 9.85. The van der Waals surface area contributed by atoms with Crippen LogP contribution in [0.3, 0.4) is 0 Å². The number of carboxylic acid groups (broad SMARTS) is 1. The first-order valence-corrected chi connectivity index (χ1v) is 7.52. The molecular formula is C18H25NO2. The normalized spacial score (nSPS) is 18.0. The lowest BCUT2D eigenvalue weighted by molar-refractivity contribution is -0.139. The Labute approximate surface area is 127 Å². The van der Waals surface area contributed by atoms with Crippen LogP contribution < -0.4 is 4.90 Å². The van der Waals surface area contributed by atoms with E-state index < -0.39 is 12.0 Å². The van der Waals surface area contributed by atoms with Crippen LogP contribution in [0.15, 0.2) is 18.2 Å². The van der Waals surface area contributed by atoms with E-state index in [1.807, 2.05) is 6.92 Å². The predicted octanol–water partition coefficient (Wildman–Crippen LogP) is 4.17. The highest BCUT2D eigenvalue weighted by Crippen LogP contribution is 2.41. The average molecular weight is 287 g/mol. The van der Waals surface area contributed by atoms with E-state index in [1.165, 1.54) is 16.7 Å². The number of carboxylic acids is 1. The third-order valence-electron chi connectivity index (χ3n) is 4.47. The molecule has 1 unspecified atom stereocenters. The van der Waals surface area contributed by atoms with E-state index in [-0.39, 0.29) is 5.54 Å². The number of anilines is 1. The molecule has 0 aliphatic carbocycles. The van der Waals surface area contributed by atoms with Crippen molar-refractivity contribution in [3.63, 3.8) is 0 Å². The number of carbonyl (C=O) groups is 1. The Morgan fingerprint density at radius 1 is 1.24 bits per heavy atom. The van der Waals surface area contributed by atoms with Crippen molar-refractivity contribution in [2.24, 2.45) is 0 Å². The Hall–Kier alpha value is -1.77. The molecule has 1 atom stereocenters. The quantitative estimate of drug-likeness (QED) is 0.907. The van der Waals surface area contributed by atoms with Crippen molar-refractivity contribution in [3.8, 4) is 0 Å². The Balaban J connectivity index is 2.71. The fourth-order valence-corrected chi connectivity index (χ4v) is 3.34. The summed E-state index contributed by atoms with van der Waals surface area (Å²) in [5, 5.41) is 9.61. The zero-order chi connectivity index (χ0) is 15.9. The van der Waals surface area contributed by atoms with E-state index in [0.717, 1.165) is 11.3 Å². The van der Waals surface area contributed by atoms with Gasteiger partial charge in [-0.2, -0.15) is 0 Å². The zero-order valence-corrected chi connectivity index (χ0v) is 13.8. The Bertz CT molecular complexity index is 614. The summed E-state index contributed by atoms with van der Waals surface area (Å²) >= 11 is 0. The van der Waals surface area contributed by atoms with E-state index in [2.05, 4.69) is 57.7 Å². The van der Waals surface area contributed by atoms with Gasteiger partial charge in [-0.25, -0.2) is 4.79 Å². The van der Waals surface area contributed by atoms with Crippen LogP contribution in [0, 0.1) is 13.8 Å². The van der Waals surface area contributed by atoms with Gasteiger partial charge < -0.3 is 10.0 Å². The molecule has 0 amide bonds. The van der Waals surface area contributed by atoms with Gasteiger partial charge in [0.1, 0.15) is 6.04 Å². The molecule has 1 heterocycles. The Morgan fingerprint density at radius 3 is 2.33 bits per heavy atom. The van der Waals surface area contributed by atoms with Crippen LogP contribution in [0.2, 0.25) is 0 Å². The number of fused-ring (bicyclic) bond motifs is 1. The van der Waals surface area contributed by atoms with Crippen LogP contribution >= 0.6 is 0 Å². The SMILES string of the molecule is CCC(C(=O)O)N1c2cc(C)c(C)cc2C(C)=CC1(C)C. The summed E-state index contributed by atoms with van der Waals surface area (Å²) in [5.41, 5.74) is 5.54. The maximum atomic E-state index is 11.7. The molecule has 0 fully saturated rings. The fourth-order valence-electron chi connectivity index (χ4n) is 3.34. The van der Waals surface area contributed by atoms with E-state index in [0.29, 0.717) is 6.42 Å². The van der Waals surface area contributed by atoms with Crippen LogP contribution in [-0.4, -0.2) is 22.7 Å². The topological polar surface area (TPSA) is 40.5 Å². The molecule has 1 aromatic rings. The molecule has 0 bridgehead atoms. The molecule has 2 rings (SSSR count). The van der Waals surface area contributed by atoms with Gasteiger partial charge in [0.2, 0.25) is 0 Å². The summed E-state index contributed by atoms with van der Waals surface area (Å²) in [6, 6.07) is 3.80. The molecular weight excluding hydrogens is 262 g/mol. The van der Waals surface area contributed by atoms with Gasteiger partial charge in [-0.1, -0.05) is 13.0 Å². The molecule has 21 heavy (non-hydrogen) atoms. The minimum atomic E-state index is -0.761. The van der Waals surface area contributed by atoms with Gasteiger partial charge in [0.05, 0.1) is 5.54 Å². The van der Waals surface area contributed by atoms with Crippen molar-refractivity contribution in [3.05, 3.63) is 34.9 Å². The van der Waals surface area contributed by atoms with E-state index in [4.69, 9.17) is 0 Å². The third-order valence-corrected chi connectivity index (χ3v) is 4.47. The summed E-state index contributed by atoms with van der Waals surface area (Å²) in [5.74, 6) is -0.761. The summed E-state index contributed by atoms with van der Waals surface area (Å²) < 4.78 is 0. The minimum Gasteiger partial charge on any atom is -0.480 e. The van der Waals surface area contributed by atoms with Crippen molar-refractivity contribution in [1.29, 1.82) is 0 Å². The summed E-state index contributed by atoms with van der Waals surface area (Å²) in [7, 11) is 0. The minimum absolute atomic E-state index is 0.308. The van der Waals surface area contributed by atoms with Gasteiger partial charge in [0.25, 0.3) is 0 Å².